The molecule has 90 valence electrons. The van der Waals surface area contributed by atoms with Crippen molar-refractivity contribution in [2.24, 2.45) is 0 Å². The van der Waals surface area contributed by atoms with Crippen LogP contribution in [-0.4, -0.2) is 17.5 Å². The summed E-state index contributed by atoms with van der Waals surface area (Å²) in [6.07, 6.45) is 6.20. The number of rotatable bonds is 5. The Hall–Kier alpha value is -0.980. The lowest BCUT2D eigenvalue weighted by molar-refractivity contribution is 0.345. The van der Waals surface area contributed by atoms with Gasteiger partial charge in [-0.15, -0.1) is 0 Å². The van der Waals surface area contributed by atoms with Crippen LogP contribution in [-0.2, 0) is 6.54 Å². The minimum absolute atomic E-state index is 0.460. The molecule has 1 N–H and O–H groups in total. The molecule has 1 saturated carbocycles. The Morgan fingerprint density at radius 1 is 1.41 bits per heavy atom. The lowest BCUT2D eigenvalue weighted by Gasteiger charge is -2.40. The summed E-state index contributed by atoms with van der Waals surface area (Å²) in [4.78, 5) is 0. The van der Waals surface area contributed by atoms with Crippen LogP contribution in [0.5, 0.6) is 0 Å². The van der Waals surface area contributed by atoms with Crippen molar-refractivity contribution in [2.45, 2.75) is 30.6 Å². The molecule has 0 spiro atoms. The number of nitrogens with one attached hydrogen (secondary N) is 1. The monoisotopic (exact) mass is 246 g/mol. The highest BCUT2D eigenvalue weighted by Gasteiger charge is 2.35. The number of benzene rings is 1. The summed E-state index contributed by atoms with van der Waals surface area (Å²) in [5.41, 5.74) is 1.89. The Bertz CT molecular complexity index is 413. The fourth-order valence-electron chi connectivity index (χ4n) is 2.23. The van der Waals surface area contributed by atoms with Crippen LogP contribution in [0.15, 0.2) is 24.3 Å². The van der Waals surface area contributed by atoms with Gasteiger partial charge >= 0.3 is 0 Å². The van der Waals surface area contributed by atoms with E-state index in [0.717, 1.165) is 24.2 Å². The highest BCUT2D eigenvalue weighted by molar-refractivity contribution is 8.00. The third kappa shape index (κ3) is 2.83. The molecular formula is C14H18N2S. The van der Waals surface area contributed by atoms with Crippen molar-refractivity contribution in [1.82, 2.24) is 5.32 Å². The Kier molecular flexibility index (Phi) is 4.09. The minimum Gasteiger partial charge on any atom is -0.311 e. The van der Waals surface area contributed by atoms with Gasteiger partial charge in [-0.25, -0.2) is 0 Å². The smallest absolute Gasteiger partial charge is 0.0995 e. The van der Waals surface area contributed by atoms with E-state index in [0.29, 0.717) is 4.75 Å². The third-order valence-corrected chi connectivity index (χ3v) is 5.02. The van der Waals surface area contributed by atoms with Gasteiger partial charge in [-0.05, 0) is 30.7 Å². The van der Waals surface area contributed by atoms with Crippen LogP contribution in [0.25, 0.3) is 0 Å². The van der Waals surface area contributed by atoms with E-state index in [9.17, 15) is 0 Å². The predicted octanol–water partition coefficient (Wildman–Crippen LogP) is 2.93. The van der Waals surface area contributed by atoms with Gasteiger partial charge in [0.25, 0.3) is 0 Å². The van der Waals surface area contributed by atoms with Crippen LogP contribution in [0.2, 0.25) is 0 Å². The predicted molar refractivity (Wildman–Crippen MR) is 73.0 cm³/mol. The Morgan fingerprint density at radius 2 is 2.18 bits per heavy atom. The maximum Gasteiger partial charge on any atom is 0.0995 e. The molecule has 2 nitrogen and oxygen atoms in total. The summed E-state index contributed by atoms with van der Waals surface area (Å²) in [5.74, 6) is 0. The summed E-state index contributed by atoms with van der Waals surface area (Å²) in [5, 5.41) is 12.5. The first-order chi connectivity index (χ1) is 8.29. The molecule has 3 heteroatoms. The number of nitriles is 1. The van der Waals surface area contributed by atoms with E-state index in [1.54, 1.807) is 0 Å². The quantitative estimate of drug-likeness (QED) is 0.867. The Balaban J connectivity index is 1.88. The van der Waals surface area contributed by atoms with Crippen molar-refractivity contribution in [1.29, 1.82) is 5.26 Å². The van der Waals surface area contributed by atoms with Gasteiger partial charge in [0.15, 0.2) is 0 Å². The van der Waals surface area contributed by atoms with Crippen molar-refractivity contribution in [3.8, 4) is 6.07 Å². The maximum absolute atomic E-state index is 9.00. The molecule has 0 aromatic heterocycles. The molecule has 2 rings (SSSR count). The van der Waals surface area contributed by atoms with Gasteiger partial charge in [-0.1, -0.05) is 24.6 Å². The summed E-state index contributed by atoms with van der Waals surface area (Å²) in [6.45, 7) is 1.85. The van der Waals surface area contributed by atoms with Gasteiger partial charge in [0.1, 0.15) is 0 Å². The largest absolute Gasteiger partial charge is 0.311 e. The average Bonchev–Trinajstić information content (AvgIpc) is 2.33. The molecule has 0 bridgehead atoms. The number of thioether (sulfide) groups is 1. The van der Waals surface area contributed by atoms with Crippen molar-refractivity contribution in [3.63, 3.8) is 0 Å². The van der Waals surface area contributed by atoms with Crippen LogP contribution >= 0.6 is 11.8 Å². The Morgan fingerprint density at radius 3 is 2.76 bits per heavy atom. The van der Waals surface area contributed by atoms with Gasteiger partial charge in [-0.2, -0.15) is 17.0 Å². The maximum atomic E-state index is 9.00. The topological polar surface area (TPSA) is 35.8 Å². The number of nitrogens with zero attached hydrogens (tertiary/aromatic N) is 1. The number of hydrogen-bond acceptors (Lipinski definition) is 3. The van der Waals surface area contributed by atoms with E-state index < -0.39 is 0 Å². The highest BCUT2D eigenvalue weighted by Crippen LogP contribution is 2.42. The SMILES string of the molecule is CSC1(CNCc2ccccc2C#N)CCC1. The average molecular weight is 246 g/mol. The zero-order valence-electron chi connectivity index (χ0n) is 10.2. The first-order valence-electron chi connectivity index (χ1n) is 6.03. The summed E-state index contributed by atoms with van der Waals surface area (Å²) in [7, 11) is 0. The van der Waals surface area contributed by atoms with E-state index in [1.807, 2.05) is 36.0 Å². The fourth-order valence-corrected chi connectivity index (χ4v) is 3.18. The van der Waals surface area contributed by atoms with Gasteiger partial charge in [-0.3, -0.25) is 0 Å². The molecule has 1 aromatic rings. The lowest BCUT2D eigenvalue weighted by Crippen LogP contribution is -2.43. The number of hydrogen-bond donors (Lipinski definition) is 1. The normalized spacial score (nSPS) is 17.2. The van der Waals surface area contributed by atoms with E-state index in [1.165, 1.54) is 19.3 Å². The van der Waals surface area contributed by atoms with Crippen molar-refractivity contribution >= 4 is 11.8 Å². The molecule has 0 aliphatic heterocycles. The molecule has 0 radical (unpaired) electrons. The molecule has 0 unspecified atom stereocenters. The molecule has 0 atom stereocenters. The zero-order chi connectivity index (χ0) is 12.1. The highest BCUT2D eigenvalue weighted by atomic mass is 32.2. The molecule has 1 aromatic carbocycles. The summed E-state index contributed by atoms with van der Waals surface area (Å²) >= 11 is 1.98. The third-order valence-electron chi connectivity index (χ3n) is 3.60. The molecule has 0 heterocycles. The van der Waals surface area contributed by atoms with Gasteiger partial charge in [0, 0.05) is 17.8 Å². The molecular weight excluding hydrogens is 228 g/mol. The van der Waals surface area contributed by atoms with Gasteiger partial charge in [0.05, 0.1) is 11.6 Å². The van der Waals surface area contributed by atoms with E-state index in [-0.39, 0.29) is 0 Å². The second kappa shape index (κ2) is 5.57. The van der Waals surface area contributed by atoms with E-state index >= 15 is 0 Å². The lowest BCUT2D eigenvalue weighted by atomic mass is 9.84. The molecule has 1 aliphatic carbocycles. The van der Waals surface area contributed by atoms with Gasteiger partial charge < -0.3 is 5.32 Å². The molecule has 1 aliphatic rings. The van der Waals surface area contributed by atoms with Crippen LogP contribution in [0.3, 0.4) is 0 Å². The molecule has 0 saturated heterocycles. The van der Waals surface area contributed by atoms with E-state index in [2.05, 4.69) is 17.6 Å². The van der Waals surface area contributed by atoms with Crippen molar-refractivity contribution in [3.05, 3.63) is 35.4 Å². The first kappa shape index (κ1) is 12.5. The summed E-state index contributed by atoms with van der Waals surface area (Å²) in [6, 6.07) is 10.1. The molecule has 1 fully saturated rings. The van der Waals surface area contributed by atoms with Gasteiger partial charge in [0.2, 0.25) is 0 Å². The van der Waals surface area contributed by atoms with Crippen molar-refractivity contribution in [2.75, 3.05) is 12.8 Å². The standard InChI is InChI=1S/C14H18N2S/c1-17-14(7-4-8-14)11-16-10-13-6-3-2-5-12(13)9-15/h2-3,5-6,16H,4,7-8,10-11H2,1H3. The second-order valence-corrected chi connectivity index (χ2v) is 5.89. The van der Waals surface area contributed by atoms with E-state index in [4.69, 9.17) is 5.26 Å². The molecule has 0 amide bonds. The van der Waals surface area contributed by atoms with Crippen LogP contribution < -0.4 is 5.32 Å². The molecule has 17 heavy (non-hydrogen) atoms. The fraction of sp³-hybridized carbons (Fsp3) is 0.500. The van der Waals surface area contributed by atoms with Crippen LogP contribution in [0, 0.1) is 11.3 Å². The minimum atomic E-state index is 0.460. The van der Waals surface area contributed by atoms with Crippen LogP contribution in [0.4, 0.5) is 0 Å². The Labute approximate surface area is 107 Å². The van der Waals surface area contributed by atoms with Crippen LogP contribution in [0.1, 0.15) is 30.4 Å². The summed E-state index contributed by atoms with van der Waals surface area (Å²) < 4.78 is 0.460. The second-order valence-electron chi connectivity index (χ2n) is 4.61. The zero-order valence-corrected chi connectivity index (χ0v) is 11.0. The van der Waals surface area contributed by atoms with Crippen molar-refractivity contribution < 1.29 is 0 Å². The first-order valence-corrected chi connectivity index (χ1v) is 7.26.